The summed E-state index contributed by atoms with van der Waals surface area (Å²) in [6.07, 6.45) is 0.678. The van der Waals surface area contributed by atoms with Gasteiger partial charge in [0, 0.05) is 11.1 Å². The van der Waals surface area contributed by atoms with Gasteiger partial charge in [0.05, 0.1) is 11.6 Å². The van der Waals surface area contributed by atoms with Gasteiger partial charge in [-0.05, 0) is 32.4 Å². The first kappa shape index (κ1) is 16.8. The highest BCUT2D eigenvalue weighted by Crippen LogP contribution is 2.30. The van der Waals surface area contributed by atoms with E-state index in [1.54, 1.807) is 6.07 Å². The van der Waals surface area contributed by atoms with Gasteiger partial charge in [-0.15, -0.1) is 0 Å². The highest BCUT2D eigenvalue weighted by molar-refractivity contribution is 6.34. The number of carbonyl (C=O) groups excluding carboxylic acids is 2. The largest absolute Gasteiger partial charge is 0.465 e. The van der Waals surface area contributed by atoms with Gasteiger partial charge in [-0.1, -0.05) is 30.1 Å². The van der Waals surface area contributed by atoms with E-state index >= 15 is 0 Å². The Morgan fingerprint density at radius 2 is 1.85 bits per heavy atom. The molecular formula is C14H16Cl2O4. The van der Waals surface area contributed by atoms with Crippen LogP contribution in [-0.4, -0.2) is 18.5 Å². The van der Waals surface area contributed by atoms with Gasteiger partial charge < -0.3 is 9.47 Å². The average Bonchev–Trinajstić information content (AvgIpc) is 2.39. The van der Waals surface area contributed by atoms with Crippen molar-refractivity contribution in [2.75, 3.05) is 6.61 Å². The lowest BCUT2D eigenvalue weighted by Crippen LogP contribution is -2.38. The molecular weight excluding hydrogens is 303 g/mol. The van der Waals surface area contributed by atoms with Gasteiger partial charge in [0.2, 0.25) is 0 Å². The number of rotatable bonds is 5. The summed E-state index contributed by atoms with van der Waals surface area (Å²) in [5.41, 5.74) is -1.42. The van der Waals surface area contributed by atoms with E-state index in [-0.39, 0.29) is 17.4 Å². The van der Waals surface area contributed by atoms with Crippen molar-refractivity contribution in [1.82, 2.24) is 0 Å². The smallest absolute Gasteiger partial charge is 0.328 e. The summed E-state index contributed by atoms with van der Waals surface area (Å²) in [6.45, 7) is 5.00. The van der Waals surface area contributed by atoms with Crippen molar-refractivity contribution < 1.29 is 19.1 Å². The van der Waals surface area contributed by atoms with Crippen LogP contribution in [0.1, 0.15) is 27.2 Å². The third-order valence-electron chi connectivity index (χ3n) is 2.55. The number of hydrogen-bond acceptors (Lipinski definition) is 4. The molecule has 0 aliphatic carbocycles. The molecule has 0 unspecified atom stereocenters. The highest BCUT2D eigenvalue weighted by atomic mass is 35.5. The van der Waals surface area contributed by atoms with Crippen LogP contribution in [0.25, 0.3) is 0 Å². The zero-order chi connectivity index (χ0) is 15.3. The molecule has 0 aromatic heterocycles. The Bertz CT molecular complexity index is 512. The molecule has 20 heavy (non-hydrogen) atoms. The third-order valence-corrected chi connectivity index (χ3v) is 3.10. The SMILES string of the molecule is CCCOC(=O)C(C)(C)C(=O)Oc1cc(Cl)ccc1Cl. The van der Waals surface area contributed by atoms with Crippen LogP contribution >= 0.6 is 23.2 Å². The lowest BCUT2D eigenvalue weighted by atomic mass is 9.94. The first-order valence-corrected chi connectivity index (χ1v) is 6.89. The fourth-order valence-corrected chi connectivity index (χ4v) is 1.56. The van der Waals surface area contributed by atoms with Crippen LogP contribution in [0.2, 0.25) is 10.0 Å². The lowest BCUT2D eigenvalue weighted by Gasteiger charge is -2.20. The van der Waals surface area contributed by atoms with Gasteiger partial charge in [0.25, 0.3) is 0 Å². The number of hydrogen-bond donors (Lipinski definition) is 0. The lowest BCUT2D eigenvalue weighted by molar-refractivity contribution is -0.164. The number of halogens is 2. The van der Waals surface area contributed by atoms with Gasteiger partial charge in [-0.2, -0.15) is 0 Å². The summed E-state index contributed by atoms with van der Waals surface area (Å²) in [6, 6.07) is 4.49. The van der Waals surface area contributed by atoms with E-state index in [4.69, 9.17) is 32.7 Å². The monoisotopic (exact) mass is 318 g/mol. The molecule has 0 aliphatic rings. The molecule has 1 rings (SSSR count). The summed E-state index contributed by atoms with van der Waals surface area (Å²) >= 11 is 11.7. The predicted molar refractivity (Wildman–Crippen MR) is 77.1 cm³/mol. The van der Waals surface area contributed by atoms with Crippen LogP contribution in [0.5, 0.6) is 5.75 Å². The van der Waals surface area contributed by atoms with Crippen molar-refractivity contribution in [2.24, 2.45) is 5.41 Å². The van der Waals surface area contributed by atoms with Crippen LogP contribution in [0.15, 0.2) is 18.2 Å². The van der Waals surface area contributed by atoms with E-state index in [2.05, 4.69) is 0 Å². The Morgan fingerprint density at radius 3 is 2.45 bits per heavy atom. The Labute approximate surface area is 128 Å². The molecule has 0 N–H and O–H groups in total. The summed E-state index contributed by atoms with van der Waals surface area (Å²) < 4.78 is 10.1. The molecule has 1 aromatic carbocycles. The topological polar surface area (TPSA) is 52.6 Å². The van der Waals surface area contributed by atoms with Crippen molar-refractivity contribution in [3.63, 3.8) is 0 Å². The van der Waals surface area contributed by atoms with Crippen molar-refractivity contribution in [3.8, 4) is 5.75 Å². The fraction of sp³-hybridized carbons (Fsp3) is 0.429. The molecule has 0 saturated heterocycles. The molecule has 0 heterocycles. The van der Waals surface area contributed by atoms with Crippen LogP contribution < -0.4 is 4.74 Å². The highest BCUT2D eigenvalue weighted by Gasteiger charge is 2.40. The Balaban J connectivity index is 2.83. The molecule has 0 bridgehead atoms. The minimum atomic E-state index is -1.42. The van der Waals surface area contributed by atoms with E-state index in [0.29, 0.717) is 11.4 Å². The summed E-state index contributed by atoms with van der Waals surface area (Å²) in [5, 5.41) is 0.615. The first-order valence-electron chi connectivity index (χ1n) is 6.13. The summed E-state index contributed by atoms with van der Waals surface area (Å²) in [7, 11) is 0. The standard InChI is InChI=1S/C14H16Cl2O4/c1-4-7-19-12(17)14(2,3)13(18)20-11-8-9(15)5-6-10(11)16/h5-6,8H,4,7H2,1-3H3. The van der Waals surface area contributed by atoms with E-state index in [0.717, 1.165) is 0 Å². The van der Waals surface area contributed by atoms with Crippen molar-refractivity contribution in [1.29, 1.82) is 0 Å². The first-order chi connectivity index (χ1) is 9.28. The number of benzene rings is 1. The molecule has 0 radical (unpaired) electrons. The van der Waals surface area contributed by atoms with Crippen molar-refractivity contribution >= 4 is 35.1 Å². The zero-order valence-electron chi connectivity index (χ0n) is 11.5. The minimum Gasteiger partial charge on any atom is -0.465 e. The van der Waals surface area contributed by atoms with Gasteiger partial charge in [-0.25, -0.2) is 0 Å². The van der Waals surface area contributed by atoms with Crippen LogP contribution in [0.4, 0.5) is 0 Å². The third kappa shape index (κ3) is 4.12. The number of esters is 2. The van der Waals surface area contributed by atoms with Crippen molar-refractivity contribution in [3.05, 3.63) is 28.2 Å². The zero-order valence-corrected chi connectivity index (χ0v) is 13.0. The molecule has 0 spiro atoms. The second-order valence-corrected chi connectivity index (χ2v) is 5.57. The van der Waals surface area contributed by atoms with E-state index in [9.17, 15) is 9.59 Å². The van der Waals surface area contributed by atoms with Crippen molar-refractivity contribution in [2.45, 2.75) is 27.2 Å². The molecule has 1 aromatic rings. The summed E-state index contributed by atoms with van der Waals surface area (Å²) in [5.74, 6) is -1.27. The molecule has 0 amide bonds. The van der Waals surface area contributed by atoms with E-state index in [1.165, 1.54) is 26.0 Å². The predicted octanol–water partition coefficient (Wildman–Crippen LogP) is 3.88. The van der Waals surface area contributed by atoms with E-state index in [1.807, 2.05) is 6.92 Å². The van der Waals surface area contributed by atoms with Gasteiger partial charge in [0.1, 0.15) is 0 Å². The normalized spacial score (nSPS) is 11.1. The molecule has 0 aliphatic heterocycles. The van der Waals surface area contributed by atoms with Gasteiger partial charge >= 0.3 is 11.9 Å². The van der Waals surface area contributed by atoms with Gasteiger partial charge in [0.15, 0.2) is 11.2 Å². The molecule has 110 valence electrons. The second kappa shape index (κ2) is 6.95. The average molecular weight is 319 g/mol. The Hall–Kier alpha value is -1.26. The Morgan fingerprint density at radius 1 is 1.20 bits per heavy atom. The molecule has 0 fully saturated rings. The second-order valence-electron chi connectivity index (χ2n) is 4.73. The maximum absolute atomic E-state index is 12.1. The van der Waals surface area contributed by atoms with Crippen LogP contribution in [-0.2, 0) is 14.3 Å². The molecule has 0 saturated carbocycles. The molecule has 4 nitrogen and oxygen atoms in total. The maximum atomic E-state index is 12.1. The van der Waals surface area contributed by atoms with Crippen LogP contribution in [0.3, 0.4) is 0 Å². The number of ether oxygens (including phenoxy) is 2. The quantitative estimate of drug-likeness (QED) is 0.469. The fourth-order valence-electron chi connectivity index (χ4n) is 1.24. The Kier molecular flexibility index (Phi) is 5.84. The maximum Gasteiger partial charge on any atom is 0.328 e. The molecule has 6 heteroatoms. The van der Waals surface area contributed by atoms with Gasteiger partial charge in [-0.3, -0.25) is 9.59 Å². The molecule has 0 atom stereocenters. The minimum absolute atomic E-state index is 0.112. The van der Waals surface area contributed by atoms with E-state index < -0.39 is 17.4 Å². The summed E-state index contributed by atoms with van der Waals surface area (Å²) in [4.78, 5) is 23.9. The van der Waals surface area contributed by atoms with Crippen LogP contribution in [0, 0.1) is 5.41 Å². The number of carbonyl (C=O) groups is 2.